The summed E-state index contributed by atoms with van der Waals surface area (Å²) in [5.41, 5.74) is 8.96. The summed E-state index contributed by atoms with van der Waals surface area (Å²) in [6, 6.07) is 16.7. The number of nitrogens with zero attached hydrogens (tertiary/aromatic N) is 4. The number of carbonyl (C=O) groups excluding carboxylic acids is 1. The summed E-state index contributed by atoms with van der Waals surface area (Å²) in [5, 5.41) is 21.5. The van der Waals surface area contributed by atoms with Crippen LogP contribution in [-0.2, 0) is 6.18 Å². The summed E-state index contributed by atoms with van der Waals surface area (Å²) in [7, 11) is 0. The number of aromatic nitrogens is 2. The van der Waals surface area contributed by atoms with Gasteiger partial charge in [0.05, 0.1) is 24.2 Å². The molecule has 0 fully saturated rings. The van der Waals surface area contributed by atoms with E-state index in [0.29, 0.717) is 21.4 Å². The number of rotatable bonds is 4. The number of anilines is 3. The van der Waals surface area contributed by atoms with Crippen LogP contribution in [0.3, 0.4) is 0 Å². The number of benzene rings is 2. The number of alkyl halides is 3. The number of nitrogen functional groups attached to an aromatic ring is 1. The molecule has 1 amide bonds. The Morgan fingerprint density at radius 2 is 1.67 bits per heavy atom. The van der Waals surface area contributed by atoms with Gasteiger partial charge in [-0.05, 0) is 36.4 Å². The zero-order chi connectivity index (χ0) is 27.1. The molecular weight excluding hydrogens is 520 g/mol. The molecule has 0 unspecified atom stereocenters. The Hall–Kier alpha value is -4.10. The molecule has 1 aromatic heterocycles. The molecule has 0 saturated carbocycles. The minimum absolute atomic E-state index is 0.125. The Morgan fingerprint density at radius 1 is 1.06 bits per heavy atom. The second kappa shape index (κ2) is 15.0. The summed E-state index contributed by atoms with van der Waals surface area (Å²) in [6.45, 7) is -0.307. The van der Waals surface area contributed by atoms with Gasteiger partial charge in [0.25, 0.3) is 5.91 Å². The molecule has 0 spiro atoms. The fourth-order valence-corrected chi connectivity index (χ4v) is 2.63. The van der Waals surface area contributed by atoms with E-state index in [4.69, 9.17) is 39.5 Å². The highest BCUT2D eigenvalue weighted by molar-refractivity contribution is 6.31. The van der Waals surface area contributed by atoms with Crippen LogP contribution in [-0.4, -0.2) is 29.0 Å². The second-order valence-electron chi connectivity index (χ2n) is 6.35. The molecule has 6 N–H and O–H groups in total. The van der Waals surface area contributed by atoms with Gasteiger partial charge in [-0.25, -0.2) is 9.97 Å². The topological polar surface area (TPSA) is 167 Å². The molecule has 0 atom stereocenters. The molecule has 14 heteroatoms. The van der Waals surface area contributed by atoms with Crippen molar-refractivity contribution in [2.45, 2.75) is 6.18 Å². The van der Waals surface area contributed by atoms with Crippen LogP contribution in [0, 0.1) is 22.7 Å². The first kappa shape index (κ1) is 29.9. The zero-order valence-corrected chi connectivity index (χ0v) is 19.9. The van der Waals surface area contributed by atoms with Crippen molar-refractivity contribution in [1.82, 2.24) is 15.3 Å². The molecule has 2 aromatic carbocycles. The van der Waals surface area contributed by atoms with Crippen molar-refractivity contribution in [3.63, 3.8) is 0 Å². The van der Waals surface area contributed by atoms with Crippen LogP contribution in [0.2, 0.25) is 10.0 Å². The van der Waals surface area contributed by atoms with Gasteiger partial charge in [0, 0.05) is 27.6 Å². The molecule has 0 radical (unpaired) electrons. The van der Waals surface area contributed by atoms with Gasteiger partial charge < -0.3 is 22.1 Å². The van der Waals surface area contributed by atoms with E-state index < -0.39 is 29.9 Å². The number of nitriles is 2. The first-order chi connectivity index (χ1) is 17.0. The molecule has 1 heterocycles. The molecule has 0 bridgehead atoms. The van der Waals surface area contributed by atoms with Gasteiger partial charge in [-0.1, -0.05) is 35.3 Å². The summed E-state index contributed by atoms with van der Waals surface area (Å²) in [6.07, 6.45) is -4.12. The highest BCUT2D eigenvalue weighted by Gasteiger charge is 2.38. The maximum atomic E-state index is 13.1. The van der Waals surface area contributed by atoms with Crippen molar-refractivity contribution in [1.29, 1.82) is 10.5 Å². The molecule has 3 rings (SSSR count). The molecule has 3 aromatic rings. The lowest BCUT2D eigenvalue weighted by Crippen LogP contribution is -2.27. The summed E-state index contributed by atoms with van der Waals surface area (Å²) in [5.74, 6) is -1.43. The van der Waals surface area contributed by atoms with Crippen LogP contribution in [0.25, 0.3) is 0 Å². The quantitative estimate of drug-likeness (QED) is 0.277. The number of nitrogens with two attached hydrogens (primary N) is 2. The zero-order valence-electron chi connectivity index (χ0n) is 18.4. The van der Waals surface area contributed by atoms with Gasteiger partial charge in [0.1, 0.15) is 6.54 Å². The number of hydrogen-bond acceptors (Lipinski definition) is 8. The van der Waals surface area contributed by atoms with E-state index in [1.54, 1.807) is 48.5 Å². The van der Waals surface area contributed by atoms with Crippen LogP contribution in [0.4, 0.5) is 30.5 Å². The maximum absolute atomic E-state index is 13.1. The lowest BCUT2D eigenvalue weighted by atomic mass is 10.2. The van der Waals surface area contributed by atoms with Crippen molar-refractivity contribution in [3.05, 3.63) is 76.0 Å². The molecule has 0 saturated heterocycles. The highest BCUT2D eigenvalue weighted by atomic mass is 35.5. The van der Waals surface area contributed by atoms with Gasteiger partial charge in [0.15, 0.2) is 5.69 Å². The molecule has 36 heavy (non-hydrogen) atoms. The minimum Gasteiger partial charge on any atom is -0.399 e. The SMILES string of the molecule is N#CCN.N#CCNC(=O)c1cnc(Nc2cccc(Cl)c2)nc1C(F)(F)F.Nc1cccc(Cl)c1. The largest absolute Gasteiger partial charge is 0.434 e. The summed E-state index contributed by atoms with van der Waals surface area (Å²) in [4.78, 5) is 18.8. The molecule has 0 aliphatic carbocycles. The van der Waals surface area contributed by atoms with E-state index in [9.17, 15) is 18.0 Å². The van der Waals surface area contributed by atoms with Crippen LogP contribution < -0.4 is 22.1 Å². The van der Waals surface area contributed by atoms with Crippen LogP contribution in [0.5, 0.6) is 0 Å². The number of hydrogen-bond donors (Lipinski definition) is 4. The summed E-state index contributed by atoms with van der Waals surface area (Å²) >= 11 is 11.4. The van der Waals surface area contributed by atoms with Gasteiger partial charge in [0.2, 0.25) is 5.95 Å². The number of amides is 1. The van der Waals surface area contributed by atoms with Crippen LogP contribution >= 0.6 is 23.2 Å². The minimum atomic E-state index is -4.87. The average molecular weight is 539 g/mol. The Kier molecular flexibility index (Phi) is 12.5. The fraction of sp³-hybridized carbons (Fsp3) is 0.136. The van der Waals surface area contributed by atoms with E-state index in [1.807, 2.05) is 11.4 Å². The average Bonchev–Trinajstić information content (AvgIpc) is 2.82. The van der Waals surface area contributed by atoms with Crippen molar-refractivity contribution >= 4 is 46.4 Å². The van der Waals surface area contributed by atoms with E-state index in [1.165, 1.54) is 6.07 Å². The predicted octanol–water partition coefficient (Wildman–Crippen LogP) is 4.54. The first-order valence-electron chi connectivity index (χ1n) is 9.71. The Bertz CT molecular complexity index is 1230. The van der Waals surface area contributed by atoms with Crippen molar-refractivity contribution in [2.75, 3.05) is 24.1 Å². The monoisotopic (exact) mass is 538 g/mol. The first-order valence-corrected chi connectivity index (χ1v) is 10.5. The predicted molar refractivity (Wildman–Crippen MR) is 130 cm³/mol. The van der Waals surface area contributed by atoms with Gasteiger partial charge in [-0.15, -0.1) is 0 Å². The van der Waals surface area contributed by atoms with E-state index in [0.717, 1.165) is 6.20 Å². The number of nitrogens with one attached hydrogen (secondary N) is 2. The molecule has 188 valence electrons. The van der Waals surface area contributed by atoms with Gasteiger partial charge in [-0.3, -0.25) is 4.79 Å². The number of carbonyl (C=O) groups is 1. The van der Waals surface area contributed by atoms with Crippen molar-refractivity contribution < 1.29 is 18.0 Å². The Labute approximate surface area is 214 Å². The van der Waals surface area contributed by atoms with Crippen LogP contribution in [0.1, 0.15) is 16.1 Å². The van der Waals surface area contributed by atoms with Gasteiger partial charge in [-0.2, -0.15) is 23.7 Å². The van der Waals surface area contributed by atoms with Crippen molar-refractivity contribution in [2.24, 2.45) is 5.73 Å². The summed E-state index contributed by atoms with van der Waals surface area (Å²) < 4.78 is 39.4. The fourth-order valence-electron chi connectivity index (χ4n) is 2.24. The molecular formula is C22H19Cl2F3N8O. The second-order valence-corrected chi connectivity index (χ2v) is 7.22. The van der Waals surface area contributed by atoms with E-state index >= 15 is 0 Å². The third-order valence-electron chi connectivity index (χ3n) is 3.65. The van der Waals surface area contributed by atoms with Gasteiger partial charge >= 0.3 is 6.18 Å². The van der Waals surface area contributed by atoms with Crippen molar-refractivity contribution in [3.8, 4) is 12.1 Å². The van der Waals surface area contributed by atoms with Crippen LogP contribution in [0.15, 0.2) is 54.7 Å². The number of halogens is 5. The lowest BCUT2D eigenvalue weighted by Gasteiger charge is -2.13. The lowest BCUT2D eigenvalue weighted by molar-refractivity contribution is -0.141. The molecule has 9 nitrogen and oxygen atoms in total. The Balaban J connectivity index is 0.000000443. The van der Waals surface area contributed by atoms with E-state index in [-0.39, 0.29) is 12.5 Å². The maximum Gasteiger partial charge on any atom is 0.434 e. The third kappa shape index (κ3) is 10.9. The Morgan fingerprint density at radius 3 is 2.14 bits per heavy atom. The smallest absolute Gasteiger partial charge is 0.399 e. The highest BCUT2D eigenvalue weighted by Crippen LogP contribution is 2.31. The normalized spacial score (nSPS) is 9.78. The third-order valence-corrected chi connectivity index (χ3v) is 4.12. The molecule has 0 aliphatic heterocycles. The van der Waals surface area contributed by atoms with E-state index in [2.05, 4.69) is 21.0 Å². The standard InChI is InChI=1S/C14H9ClF3N5O.C6H6ClN.C2H4N2/c15-8-2-1-3-9(6-8)22-13-21-7-10(12(24)20-5-4-19)11(23-13)14(16,17)18;7-5-2-1-3-6(8)4-5;3-1-2-4/h1-3,6-7H,5H2,(H,20,24)(H,21,22,23);1-4H,8H2;1,3H2. The molecule has 0 aliphatic rings.